The van der Waals surface area contributed by atoms with Crippen LogP contribution in [0.4, 0.5) is 4.79 Å². The molecular formula is C14H27N3O2. The van der Waals surface area contributed by atoms with Crippen molar-refractivity contribution in [3.05, 3.63) is 0 Å². The van der Waals surface area contributed by atoms with E-state index >= 15 is 0 Å². The van der Waals surface area contributed by atoms with Gasteiger partial charge in [-0.05, 0) is 25.8 Å². The molecule has 1 unspecified atom stereocenters. The van der Waals surface area contributed by atoms with E-state index in [2.05, 4.69) is 17.1 Å². The van der Waals surface area contributed by atoms with Crippen molar-refractivity contribution in [2.45, 2.75) is 32.2 Å². The van der Waals surface area contributed by atoms with Crippen LogP contribution in [-0.4, -0.2) is 68.3 Å². The number of hydrogen-bond donors (Lipinski definition) is 1. The molecular weight excluding hydrogens is 242 g/mol. The van der Waals surface area contributed by atoms with Crippen LogP contribution in [0.5, 0.6) is 0 Å². The fraction of sp³-hybridized carbons (Fsp3) is 0.929. The average molecular weight is 269 g/mol. The van der Waals surface area contributed by atoms with Gasteiger partial charge in [0.1, 0.15) is 0 Å². The lowest BCUT2D eigenvalue weighted by Gasteiger charge is -2.32. The van der Waals surface area contributed by atoms with E-state index in [0.29, 0.717) is 12.0 Å². The minimum atomic E-state index is 0.119. The largest absolute Gasteiger partial charge is 0.384 e. The van der Waals surface area contributed by atoms with Gasteiger partial charge in [-0.1, -0.05) is 6.92 Å². The molecule has 0 aromatic heterocycles. The first-order valence-corrected chi connectivity index (χ1v) is 7.49. The Morgan fingerprint density at radius 3 is 2.63 bits per heavy atom. The molecule has 110 valence electrons. The van der Waals surface area contributed by atoms with Gasteiger partial charge in [0.15, 0.2) is 0 Å². The first kappa shape index (κ1) is 14.6. The number of amides is 2. The lowest BCUT2D eigenvalue weighted by molar-refractivity contribution is 0.151. The zero-order valence-electron chi connectivity index (χ0n) is 12.2. The predicted octanol–water partition coefficient (Wildman–Crippen LogP) is 1.15. The molecule has 5 nitrogen and oxygen atoms in total. The van der Waals surface area contributed by atoms with Gasteiger partial charge in [-0.3, -0.25) is 0 Å². The second-order valence-electron chi connectivity index (χ2n) is 5.71. The molecule has 2 saturated heterocycles. The third kappa shape index (κ3) is 4.08. The third-order valence-corrected chi connectivity index (χ3v) is 4.34. The van der Waals surface area contributed by atoms with Crippen molar-refractivity contribution in [1.82, 2.24) is 15.1 Å². The second-order valence-corrected chi connectivity index (χ2v) is 5.71. The van der Waals surface area contributed by atoms with Crippen molar-refractivity contribution >= 4 is 6.03 Å². The molecule has 2 heterocycles. The van der Waals surface area contributed by atoms with E-state index in [9.17, 15) is 4.79 Å². The Hall–Kier alpha value is -0.810. The Morgan fingerprint density at radius 2 is 2.00 bits per heavy atom. The number of piperidine rings is 1. The summed E-state index contributed by atoms with van der Waals surface area (Å²) < 4.78 is 5.16. The van der Waals surface area contributed by atoms with E-state index in [-0.39, 0.29) is 6.03 Å². The molecule has 1 N–H and O–H groups in total. The molecule has 0 aliphatic carbocycles. The van der Waals surface area contributed by atoms with Crippen LogP contribution < -0.4 is 5.32 Å². The number of urea groups is 1. The molecule has 0 aromatic carbocycles. The maximum absolute atomic E-state index is 12.2. The molecule has 2 rings (SSSR count). The topological polar surface area (TPSA) is 44.8 Å². The Balaban J connectivity index is 1.70. The molecule has 0 radical (unpaired) electrons. The van der Waals surface area contributed by atoms with Crippen LogP contribution in [0.3, 0.4) is 0 Å². The molecule has 2 aliphatic rings. The zero-order valence-corrected chi connectivity index (χ0v) is 12.2. The van der Waals surface area contributed by atoms with E-state index in [4.69, 9.17) is 4.74 Å². The molecule has 2 aliphatic heterocycles. The summed E-state index contributed by atoms with van der Waals surface area (Å²) in [4.78, 5) is 16.6. The fourth-order valence-corrected chi connectivity index (χ4v) is 3.05. The Bertz CT molecular complexity index is 290. The summed E-state index contributed by atoms with van der Waals surface area (Å²) in [6.07, 6.45) is 3.22. The van der Waals surface area contributed by atoms with Crippen molar-refractivity contribution < 1.29 is 9.53 Å². The molecule has 0 bridgehead atoms. The summed E-state index contributed by atoms with van der Waals surface area (Å²) in [6.45, 7) is 7.99. The van der Waals surface area contributed by atoms with Crippen LogP contribution in [0.2, 0.25) is 0 Å². The maximum Gasteiger partial charge on any atom is 0.317 e. The number of rotatable bonds is 4. The van der Waals surface area contributed by atoms with E-state index in [1.807, 2.05) is 4.90 Å². The number of methoxy groups -OCH3 is 1. The van der Waals surface area contributed by atoms with Crippen molar-refractivity contribution in [2.24, 2.45) is 5.92 Å². The highest BCUT2D eigenvalue weighted by molar-refractivity contribution is 5.74. The summed E-state index contributed by atoms with van der Waals surface area (Å²) >= 11 is 0. The summed E-state index contributed by atoms with van der Waals surface area (Å²) in [7, 11) is 1.73. The number of carbonyl (C=O) groups excluding carboxylic acids is 1. The summed E-state index contributed by atoms with van der Waals surface area (Å²) in [5.74, 6) is 0.512. The lowest BCUT2D eigenvalue weighted by Crippen LogP contribution is -2.48. The van der Waals surface area contributed by atoms with Crippen LogP contribution in [0.15, 0.2) is 0 Å². The van der Waals surface area contributed by atoms with Crippen LogP contribution in [-0.2, 0) is 4.74 Å². The van der Waals surface area contributed by atoms with Gasteiger partial charge in [0.05, 0.1) is 6.61 Å². The van der Waals surface area contributed by atoms with Gasteiger partial charge in [-0.2, -0.15) is 0 Å². The SMILES string of the molecule is CCN1CCC(NC(=O)N2CCC(COC)C2)CC1. The van der Waals surface area contributed by atoms with Crippen molar-refractivity contribution in [1.29, 1.82) is 0 Å². The van der Waals surface area contributed by atoms with Gasteiger partial charge in [0, 0.05) is 45.2 Å². The number of likely N-dealkylation sites (tertiary alicyclic amines) is 2. The van der Waals surface area contributed by atoms with E-state index in [0.717, 1.165) is 58.6 Å². The molecule has 0 spiro atoms. The number of nitrogens with one attached hydrogen (secondary N) is 1. The van der Waals surface area contributed by atoms with E-state index < -0.39 is 0 Å². The van der Waals surface area contributed by atoms with Gasteiger partial charge in [-0.25, -0.2) is 4.79 Å². The molecule has 5 heteroatoms. The van der Waals surface area contributed by atoms with Crippen LogP contribution in [0.1, 0.15) is 26.2 Å². The minimum Gasteiger partial charge on any atom is -0.384 e. The first-order valence-electron chi connectivity index (χ1n) is 7.49. The third-order valence-electron chi connectivity index (χ3n) is 4.34. The number of carbonyl (C=O) groups is 1. The van der Waals surface area contributed by atoms with Crippen LogP contribution in [0, 0.1) is 5.92 Å². The van der Waals surface area contributed by atoms with Gasteiger partial charge in [0.2, 0.25) is 0 Å². The smallest absolute Gasteiger partial charge is 0.317 e. The maximum atomic E-state index is 12.2. The molecule has 0 saturated carbocycles. The monoisotopic (exact) mass is 269 g/mol. The predicted molar refractivity (Wildman–Crippen MR) is 75.2 cm³/mol. The molecule has 1 atom stereocenters. The highest BCUT2D eigenvalue weighted by atomic mass is 16.5. The van der Waals surface area contributed by atoms with Crippen molar-refractivity contribution in [2.75, 3.05) is 46.4 Å². The first-order chi connectivity index (χ1) is 9.22. The highest BCUT2D eigenvalue weighted by Gasteiger charge is 2.28. The minimum absolute atomic E-state index is 0.119. The Kier molecular flexibility index (Phi) is 5.45. The van der Waals surface area contributed by atoms with E-state index in [1.165, 1.54) is 0 Å². The zero-order chi connectivity index (χ0) is 13.7. The summed E-state index contributed by atoms with van der Waals surface area (Å²) in [6, 6.07) is 0.477. The average Bonchev–Trinajstić information content (AvgIpc) is 2.89. The highest BCUT2D eigenvalue weighted by Crippen LogP contribution is 2.17. The number of nitrogens with zero attached hydrogens (tertiary/aromatic N) is 2. The molecule has 2 fully saturated rings. The van der Waals surface area contributed by atoms with Crippen molar-refractivity contribution in [3.63, 3.8) is 0 Å². The standard InChI is InChI=1S/C14H27N3O2/c1-3-16-7-5-13(6-8-16)15-14(18)17-9-4-12(10-17)11-19-2/h12-13H,3-11H2,1-2H3,(H,15,18). The number of hydrogen-bond acceptors (Lipinski definition) is 3. The normalized spacial score (nSPS) is 25.8. The van der Waals surface area contributed by atoms with Gasteiger partial charge < -0.3 is 19.9 Å². The van der Waals surface area contributed by atoms with Gasteiger partial charge >= 0.3 is 6.03 Å². The molecule has 0 aromatic rings. The Morgan fingerprint density at radius 1 is 1.26 bits per heavy atom. The van der Waals surface area contributed by atoms with Crippen LogP contribution >= 0.6 is 0 Å². The van der Waals surface area contributed by atoms with Gasteiger partial charge in [0.25, 0.3) is 0 Å². The van der Waals surface area contributed by atoms with Gasteiger partial charge in [-0.15, -0.1) is 0 Å². The number of ether oxygens (including phenoxy) is 1. The van der Waals surface area contributed by atoms with Crippen molar-refractivity contribution in [3.8, 4) is 0 Å². The lowest BCUT2D eigenvalue weighted by atomic mass is 10.1. The fourth-order valence-electron chi connectivity index (χ4n) is 3.05. The Labute approximate surface area is 116 Å². The summed E-state index contributed by atoms with van der Waals surface area (Å²) in [5, 5.41) is 3.19. The molecule has 2 amide bonds. The summed E-state index contributed by atoms with van der Waals surface area (Å²) in [5.41, 5.74) is 0. The molecule has 19 heavy (non-hydrogen) atoms. The second kappa shape index (κ2) is 7.10. The van der Waals surface area contributed by atoms with E-state index in [1.54, 1.807) is 7.11 Å². The quantitative estimate of drug-likeness (QED) is 0.832. The van der Waals surface area contributed by atoms with Crippen LogP contribution in [0.25, 0.3) is 0 Å².